The maximum atomic E-state index is 12.1. The highest BCUT2D eigenvalue weighted by Crippen LogP contribution is 2.12. The monoisotopic (exact) mass is 298 g/mol. The smallest absolute Gasteiger partial charge is 0.237 e. The van der Waals surface area contributed by atoms with Gasteiger partial charge in [-0.25, -0.2) is 8.42 Å². The fourth-order valence-electron chi connectivity index (χ4n) is 1.81. The third kappa shape index (κ3) is 5.30. The molecule has 0 bridgehead atoms. The molecule has 0 aliphatic carbocycles. The fourth-order valence-corrected chi connectivity index (χ4v) is 3.31. The molecular formula is C14H22N2O3S. The van der Waals surface area contributed by atoms with Crippen LogP contribution in [-0.2, 0) is 20.4 Å². The molecule has 1 amide bonds. The molecule has 0 aromatic heterocycles. The van der Waals surface area contributed by atoms with Gasteiger partial charge in [-0.15, -0.1) is 0 Å². The third-order valence-electron chi connectivity index (χ3n) is 3.10. The second-order valence-electron chi connectivity index (χ2n) is 4.92. The summed E-state index contributed by atoms with van der Waals surface area (Å²) in [4.78, 5) is 13.3. The van der Waals surface area contributed by atoms with E-state index in [1.54, 1.807) is 19.2 Å². The van der Waals surface area contributed by atoms with Gasteiger partial charge >= 0.3 is 0 Å². The van der Waals surface area contributed by atoms with Crippen molar-refractivity contribution in [1.29, 1.82) is 0 Å². The van der Waals surface area contributed by atoms with Crippen molar-refractivity contribution in [3.05, 3.63) is 35.4 Å². The molecule has 5 nitrogen and oxygen atoms in total. The van der Waals surface area contributed by atoms with Gasteiger partial charge in [-0.2, -0.15) is 0 Å². The Morgan fingerprint density at radius 2 is 1.95 bits per heavy atom. The van der Waals surface area contributed by atoms with Gasteiger partial charge in [-0.3, -0.25) is 4.79 Å². The van der Waals surface area contributed by atoms with Gasteiger partial charge in [0, 0.05) is 13.6 Å². The fraction of sp³-hybridized carbons (Fsp3) is 0.500. The number of aryl methyl sites for hydroxylation is 1. The number of carbonyl (C=O) groups is 1. The first-order valence-corrected chi connectivity index (χ1v) is 8.37. The van der Waals surface area contributed by atoms with Gasteiger partial charge < -0.3 is 10.6 Å². The minimum atomic E-state index is -3.45. The third-order valence-corrected chi connectivity index (χ3v) is 4.54. The second kappa shape index (κ2) is 7.40. The zero-order valence-corrected chi connectivity index (χ0v) is 12.8. The summed E-state index contributed by atoms with van der Waals surface area (Å²) >= 11 is 0. The highest BCUT2D eigenvalue weighted by Gasteiger charge is 2.20. The summed E-state index contributed by atoms with van der Waals surface area (Å²) in [5, 5.41) is 0. The normalized spacial score (nSPS) is 11.3. The maximum absolute atomic E-state index is 12.1. The Morgan fingerprint density at radius 3 is 2.55 bits per heavy atom. The average Bonchev–Trinajstić information content (AvgIpc) is 2.37. The summed E-state index contributed by atoms with van der Waals surface area (Å²) in [6, 6.07) is 7.29. The molecular weight excluding hydrogens is 276 g/mol. The number of hydrogen-bond acceptors (Lipinski definition) is 4. The Hall–Kier alpha value is -1.40. The average molecular weight is 298 g/mol. The molecule has 1 rings (SSSR count). The molecule has 0 unspecified atom stereocenters. The lowest BCUT2D eigenvalue weighted by molar-refractivity contribution is -0.127. The molecule has 0 radical (unpaired) electrons. The van der Waals surface area contributed by atoms with E-state index >= 15 is 0 Å². The molecule has 112 valence electrons. The van der Waals surface area contributed by atoms with E-state index in [9.17, 15) is 13.2 Å². The highest BCUT2D eigenvalue weighted by atomic mass is 32.2. The molecule has 6 heteroatoms. The van der Waals surface area contributed by atoms with Crippen LogP contribution in [0.25, 0.3) is 0 Å². The van der Waals surface area contributed by atoms with Gasteiger partial charge in [0.2, 0.25) is 5.91 Å². The van der Waals surface area contributed by atoms with Crippen molar-refractivity contribution in [2.24, 2.45) is 5.73 Å². The van der Waals surface area contributed by atoms with Crippen molar-refractivity contribution in [3.63, 3.8) is 0 Å². The number of rotatable bonds is 7. The Balaban J connectivity index is 2.66. The number of amides is 1. The van der Waals surface area contributed by atoms with Crippen molar-refractivity contribution in [2.75, 3.05) is 25.9 Å². The molecule has 0 fully saturated rings. The topological polar surface area (TPSA) is 80.5 Å². The summed E-state index contributed by atoms with van der Waals surface area (Å²) in [5.41, 5.74) is 7.02. The summed E-state index contributed by atoms with van der Waals surface area (Å²) in [6.07, 6.45) is 0.667. The Kier molecular flexibility index (Phi) is 6.16. The Morgan fingerprint density at radius 1 is 1.30 bits per heavy atom. The molecule has 0 atom stereocenters. The van der Waals surface area contributed by atoms with E-state index in [0.717, 1.165) is 11.1 Å². The molecule has 2 N–H and O–H groups in total. The van der Waals surface area contributed by atoms with E-state index in [2.05, 4.69) is 0 Å². The summed E-state index contributed by atoms with van der Waals surface area (Å²) in [5.74, 6) is -0.939. The zero-order chi connectivity index (χ0) is 15.2. The van der Waals surface area contributed by atoms with E-state index in [1.165, 1.54) is 4.90 Å². The van der Waals surface area contributed by atoms with Crippen LogP contribution in [0, 0.1) is 6.92 Å². The lowest BCUT2D eigenvalue weighted by Crippen LogP contribution is -2.34. The number of nitrogens with two attached hydrogens (primary N) is 1. The van der Waals surface area contributed by atoms with Crippen LogP contribution in [0.4, 0.5) is 0 Å². The van der Waals surface area contributed by atoms with Crippen LogP contribution >= 0.6 is 0 Å². The summed E-state index contributed by atoms with van der Waals surface area (Å²) in [6.45, 7) is 2.82. The van der Waals surface area contributed by atoms with E-state index < -0.39 is 15.6 Å². The van der Waals surface area contributed by atoms with Gasteiger partial charge in [0.15, 0.2) is 9.84 Å². The number of carbonyl (C=O) groups excluding carboxylic acids is 1. The zero-order valence-electron chi connectivity index (χ0n) is 12.0. The lowest BCUT2D eigenvalue weighted by Gasteiger charge is -2.16. The van der Waals surface area contributed by atoms with Gasteiger partial charge in [-0.1, -0.05) is 24.3 Å². The largest absolute Gasteiger partial charge is 0.345 e. The second-order valence-corrected chi connectivity index (χ2v) is 6.98. The summed E-state index contributed by atoms with van der Waals surface area (Å²) < 4.78 is 24.1. The molecule has 1 aromatic carbocycles. The standard InChI is InChI=1S/C14H22N2O3S/c1-12-6-3-4-7-13(12)10-20(18,19)11-14(17)16(2)9-5-8-15/h3-4,6-7H,5,8-11,15H2,1-2H3. The van der Waals surface area contributed by atoms with E-state index in [4.69, 9.17) is 5.73 Å². The van der Waals surface area contributed by atoms with Crippen molar-refractivity contribution in [1.82, 2.24) is 4.90 Å². The minimum absolute atomic E-state index is 0.101. The summed E-state index contributed by atoms with van der Waals surface area (Å²) in [7, 11) is -1.85. The number of benzene rings is 1. The van der Waals surface area contributed by atoms with Crippen LogP contribution in [0.2, 0.25) is 0 Å². The van der Waals surface area contributed by atoms with E-state index in [0.29, 0.717) is 19.5 Å². The van der Waals surface area contributed by atoms with Crippen molar-refractivity contribution in [3.8, 4) is 0 Å². The number of hydrogen-bond donors (Lipinski definition) is 1. The number of nitrogens with zero attached hydrogens (tertiary/aromatic N) is 1. The minimum Gasteiger partial charge on any atom is -0.345 e. The predicted octanol–water partition coefficient (Wildman–Crippen LogP) is 0.717. The van der Waals surface area contributed by atoms with Crippen LogP contribution in [0.15, 0.2) is 24.3 Å². The number of sulfone groups is 1. The first-order chi connectivity index (χ1) is 9.35. The first-order valence-electron chi connectivity index (χ1n) is 6.54. The lowest BCUT2D eigenvalue weighted by atomic mass is 10.1. The molecule has 0 heterocycles. The molecule has 1 aromatic rings. The van der Waals surface area contributed by atoms with Crippen LogP contribution < -0.4 is 5.73 Å². The van der Waals surface area contributed by atoms with Crippen molar-refractivity contribution >= 4 is 15.7 Å². The maximum Gasteiger partial charge on any atom is 0.237 e. The molecule has 0 aliphatic heterocycles. The predicted molar refractivity (Wildman–Crippen MR) is 80.0 cm³/mol. The van der Waals surface area contributed by atoms with Crippen molar-refractivity contribution < 1.29 is 13.2 Å². The van der Waals surface area contributed by atoms with Gasteiger partial charge in [0.25, 0.3) is 0 Å². The molecule has 0 spiro atoms. The van der Waals surface area contributed by atoms with Crippen LogP contribution in [0.5, 0.6) is 0 Å². The van der Waals surface area contributed by atoms with Gasteiger partial charge in [0.05, 0.1) is 5.75 Å². The quantitative estimate of drug-likeness (QED) is 0.804. The van der Waals surface area contributed by atoms with Gasteiger partial charge in [0.1, 0.15) is 5.75 Å². The Bertz CT molecular complexity index is 555. The van der Waals surface area contributed by atoms with Gasteiger partial charge in [-0.05, 0) is 31.0 Å². The van der Waals surface area contributed by atoms with Crippen LogP contribution in [0.1, 0.15) is 17.5 Å². The molecule has 20 heavy (non-hydrogen) atoms. The van der Waals surface area contributed by atoms with Crippen molar-refractivity contribution in [2.45, 2.75) is 19.1 Å². The van der Waals surface area contributed by atoms with E-state index in [-0.39, 0.29) is 11.7 Å². The molecule has 0 aliphatic rings. The van der Waals surface area contributed by atoms with Crippen LogP contribution in [0.3, 0.4) is 0 Å². The first kappa shape index (κ1) is 16.7. The Labute approximate surface area is 120 Å². The SMILES string of the molecule is Cc1ccccc1CS(=O)(=O)CC(=O)N(C)CCCN. The molecule has 0 saturated heterocycles. The molecule has 0 saturated carbocycles. The van der Waals surface area contributed by atoms with E-state index in [1.807, 2.05) is 19.1 Å². The highest BCUT2D eigenvalue weighted by molar-refractivity contribution is 7.91. The van der Waals surface area contributed by atoms with Crippen LogP contribution in [-0.4, -0.2) is 45.1 Å².